The molecule has 2 aromatic rings. The third kappa shape index (κ3) is 2.81. The average Bonchev–Trinajstić information content (AvgIpc) is 3.39. The summed E-state index contributed by atoms with van der Waals surface area (Å²) in [6.45, 7) is 3.06. The first-order chi connectivity index (χ1) is 14.5. The average molecular weight is 481 g/mol. The summed E-state index contributed by atoms with van der Waals surface area (Å²) in [4.78, 5) is 13.5. The van der Waals surface area contributed by atoms with Crippen LogP contribution in [0.4, 0.5) is 14.6 Å². The Morgan fingerprint density at radius 1 is 1.30 bits per heavy atom. The molecule has 1 aromatic heterocycles. The lowest BCUT2D eigenvalue weighted by Gasteiger charge is -2.31. The Morgan fingerprint density at radius 2 is 2.20 bits per heavy atom. The Hall–Kier alpha value is -1.74. The predicted molar refractivity (Wildman–Crippen MR) is 112 cm³/mol. The van der Waals surface area contributed by atoms with Crippen LogP contribution in [0.1, 0.15) is 32.1 Å². The highest BCUT2D eigenvalue weighted by Crippen LogP contribution is 2.44. The number of benzene rings is 1. The van der Waals surface area contributed by atoms with E-state index in [2.05, 4.69) is 30.7 Å². The molecule has 160 valence electrons. The van der Waals surface area contributed by atoms with E-state index >= 15 is 4.39 Å². The second kappa shape index (κ2) is 6.88. The lowest BCUT2D eigenvalue weighted by molar-refractivity contribution is 0.107. The van der Waals surface area contributed by atoms with E-state index in [-0.39, 0.29) is 23.1 Å². The zero-order chi connectivity index (χ0) is 20.5. The smallest absolute Gasteiger partial charge is 0.319 e. The maximum absolute atomic E-state index is 15.1. The van der Waals surface area contributed by atoms with Crippen molar-refractivity contribution in [1.82, 2.24) is 14.9 Å². The third-order valence-electron chi connectivity index (χ3n) is 7.10. The Kier molecular flexibility index (Phi) is 4.36. The molecule has 0 radical (unpaired) electrons. The van der Waals surface area contributed by atoms with Crippen LogP contribution >= 0.6 is 15.9 Å². The summed E-state index contributed by atoms with van der Waals surface area (Å²) in [6.07, 6.45) is 3.64. The van der Waals surface area contributed by atoms with Gasteiger partial charge in [0.15, 0.2) is 5.82 Å². The maximum atomic E-state index is 15.1. The van der Waals surface area contributed by atoms with Crippen molar-refractivity contribution >= 4 is 32.7 Å². The molecule has 4 aliphatic heterocycles. The van der Waals surface area contributed by atoms with Gasteiger partial charge in [-0.3, -0.25) is 4.90 Å². The second-order valence-electron chi connectivity index (χ2n) is 8.89. The molecule has 1 unspecified atom stereocenters. The molecule has 6 nitrogen and oxygen atoms in total. The molecule has 3 atom stereocenters. The highest BCUT2D eigenvalue weighted by Gasteiger charge is 2.49. The lowest BCUT2D eigenvalue weighted by Crippen LogP contribution is -2.43. The molecule has 3 fully saturated rings. The maximum Gasteiger partial charge on any atom is 0.319 e. The van der Waals surface area contributed by atoms with Gasteiger partial charge in [0.1, 0.15) is 36.5 Å². The lowest BCUT2D eigenvalue weighted by atomic mass is 9.95. The van der Waals surface area contributed by atoms with Crippen LogP contribution in [-0.2, 0) is 0 Å². The minimum Gasteiger partial charge on any atom is -0.491 e. The van der Waals surface area contributed by atoms with E-state index in [1.54, 1.807) is 6.07 Å². The van der Waals surface area contributed by atoms with Gasteiger partial charge in [0.2, 0.25) is 0 Å². The molecule has 4 aliphatic rings. The molecular weight excluding hydrogens is 458 g/mol. The highest BCUT2D eigenvalue weighted by molar-refractivity contribution is 9.10. The monoisotopic (exact) mass is 480 g/mol. The second-order valence-corrected chi connectivity index (χ2v) is 9.74. The van der Waals surface area contributed by atoms with Crippen LogP contribution < -0.4 is 14.4 Å². The largest absolute Gasteiger partial charge is 0.491 e. The number of rotatable bonds is 3. The van der Waals surface area contributed by atoms with Crippen molar-refractivity contribution in [3.05, 3.63) is 16.4 Å². The van der Waals surface area contributed by atoms with E-state index in [0.717, 1.165) is 38.8 Å². The van der Waals surface area contributed by atoms with Gasteiger partial charge in [-0.15, -0.1) is 0 Å². The van der Waals surface area contributed by atoms with Crippen molar-refractivity contribution in [2.75, 3.05) is 37.7 Å². The number of anilines is 1. The van der Waals surface area contributed by atoms with Crippen LogP contribution in [0.25, 0.3) is 10.9 Å². The van der Waals surface area contributed by atoms with Crippen LogP contribution in [0.3, 0.4) is 0 Å². The first-order valence-electron chi connectivity index (χ1n) is 10.7. The Morgan fingerprint density at radius 3 is 3.10 bits per heavy atom. The number of nitrogens with zero attached hydrogens (tertiary/aromatic N) is 4. The van der Waals surface area contributed by atoms with Crippen LogP contribution in [0.15, 0.2) is 10.5 Å². The molecule has 0 saturated carbocycles. The summed E-state index contributed by atoms with van der Waals surface area (Å²) in [5, 5.41) is 0.595. The number of hydrogen-bond donors (Lipinski definition) is 0. The fourth-order valence-electron chi connectivity index (χ4n) is 5.69. The van der Waals surface area contributed by atoms with Crippen LogP contribution in [0, 0.1) is 5.82 Å². The van der Waals surface area contributed by atoms with Crippen molar-refractivity contribution in [2.45, 2.75) is 49.9 Å². The number of aromatic nitrogens is 2. The molecule has 0 bridgehead atoms. The van der Waals surface area contributed by atoms with Gasteiger partial charge in [-0.05, 0) is 54.2 Å². The van der Waals surface area contributed by atoms with Crippen molar-refractivity contribution < 1.29 is 18.3 Å². The van der Waals surface area contributed by atoms with Gasteiger partial charge < -0.3 is 14.4 Å². The number of fused-ring (bicyclic) bond motifs is 3. The Labute approximate surface area is 181 Å². The summed E-state index contributed by atoms with van der Waals surface area (Å²) in [6, 6.07) is 2.01. The van der Waals surface area contributed by atoms with Crippen molar-refractivity contribution in [1.29, 1.82) is 0 Å². The topological polar surface area (TPSA) is 50.7 Å². The van der Waals surface area contributed by atoms with E-state index in [9.17, 15) is 4.39 Å². The highest BCUT2D eigenvalue weighted by atomic mass is 79.9. The van der Waals surface area contributed by atoms with Crippen molar-refractivity contribution in [3.63, 3.8) is 0 Å². The normalized spacial score (nSPS) is 30.3. The molecule has 0 N–H and O–H groups in total. The predicted octanol–water partition coefficient (Wildman–Crippen LogP) is 3.85. The molecular formula is C21H23BrF2N4O2. The Bertz CT molecular complexity index is 1020. The van der Waals surface area contributed by atoms with E-state index in [1.807, 2.05) is 0 Å². The van der Waals surface area contributed by atoms with E-state index in [4.69, 9.17) is 14.5 Å². The van der Waals surface area contributed by atoms with E-state index in [1.165, 1.54) is 0 Å². The zero-order valence-corrected chi connectivity index (χ0v) is 18.1. The van der Waals surface area contributed by atoms with Gasteiger partial charge in [-0.2, -0.15) is 9.97 Å². The van der Waals surface area contributed by atoms with Crippen molar-refractivity contribution in [3.8, 4) is 11.8 Å². The summed E-state index contributed by atoms with van der Waals surface area (Å²) < 4.78 is 41.5. The molecule has 9 heteroatoms. The minimum atomic E-state index is -0.824. The minimum absolute atomic E-state index is 0.150. The van der Waals surface area contributed by atoms with Crippen LogP contribution in [0.5, 0.6) is 11.8 Å². The molecule has 0 aliphatic carbocycles. The first kappa shape index (κ1) is 19.0. The number of alkyl halides is 1. The molecule has 0 spiro atoms. The van der Waals surface area contributed by atoms with Gasteiger partial charge in [0.25, 0.3) is 0 Å². The molecule has 5 heterocycles. The van der Waals surface area contributed by atoms with Crippen LogP contribution in [0.2, 0.25) is 0 Å². The quantitative estimate of drug-likeness (QED) is 0.664. The van der Waals surface area contributed by atoms with E-state index < -0.39 is 12.0 Å². The third-order valence-corrected chi connectivity index (χ3v) is 7.68. The zero-order valence-electron chi connectivity index (χ0n) is 16.5. The molecule has 0 amide bonds. The summed E-state index contributed by atoms with van der Waals surface area (Å²) in [5.74, 6) is 0.812. The van der Waals surface area contributed by atoms with Gasteiger partial charge in [0.05, 0.1) is 21.4 Å². The van der Waals surface area contributed by atoms with Crippen LogP contribution in [-0.4, -0.2) is 65.5 Å². The fraction of sp³-hybridized carbons (Fsp3) is 0.619. The van der Waals surface area contributed by atoms with E-state index in [0.29, 0.717) is 47.6 Å². The summed E-state index contributed by atoms with van der Waals surface area (Å²) in [7, 11) is 0. The number of halogens is 3. The van der Waals surface area contributed by atoms with Gasteiger partial charge in [0, 0.05) is 19.5 Å². The molecule has 30 heavy (non-hydrogen) atoms. The van der Waals surface area contributed by atoms with Gasteiger partial charge in [-0.1, -0.05) is 0 Å². The van der Waals surface area contributed by atoms with Crippen molar-refractivity contribution in [2.24, 2.45) is 0 Å². The molecule has 3 saturated heterocycles. The molecule has 1 aromatic carbocycles. The standard InChI is InChI=1S/C21H23BrF2N4O2/c22-14-7-15-16-18(17(14)24)25-20(26-19(16)28-6-1-3-13(28)10-29-15)30-11-21-4-2-5-27(21)9-12(23)8-21/h7,12-13H,1-6,8-11H2/t12-,13?,21+/m1/s1. The number of hydrogen-bond acceptors (Lipinski definition) is 6. The van der Waals surface area contributed by atoms with Gasteiger partial charge in [-0.25, -0.2) is 8.78 Å². The number of ether oxygens (including phenoxy) is 2. The fourth-order valence-corrected chi connectivity index (χ4v) is 6.08. The summed E-state index contributed by atoms with van der Waals surface area (Å²) in [5.41, 5.74) is -0.103. The van der Waals surface area contributed by atoms with Gasteiger partial charge >= 0.3 is 6.01 Å². The SMILES string of the molecule is Fc1c(Br)cc2c3c(nc(OC[C@@]45CCCN4C[C@H](F)C5)nc13)N1CCCC1CO2. The molecule has 6 rings (SSSR count). The Balaban J connectivity index is 1.42. The first-order valence-corrected chi connectivity index (χ1v) is 11.4. The summed E-state index contributed by atoms with van der Waals surface area (Å²) >= 11 is 3.29.